The summed E-state index contributed by atoms with van der Waals surface area (Å²) in [5.74, 6) is -0.557. The summed E-state index contributed by atoms with van der Waals surface area (Å²) >= 11 is 0. The second-order valence-electron chi connectivity index (χ2n) is 6.73. The maximum atomic E-state index is 13.2. The first-order chi connectivity index (χ1) is 14.5. The Labute approximate surface area is 175 Å². The Morgan fingerprint density at radius 3 is 2.37 bits per heavy atom. The number of benzene rings is 2. The number of hydrogen-bond donors (Lipinski definition) is 1. The van der Waals surface area contributed by atoms with Gasteiger partial charge in [0.25, 0.3) is 11.8 Å². The Morgan fingerprint density at radius 2 is 1.67 bits per heavy atom. The first-order valence-corrected chi connectivity index (χ1v) is 9.85. The van der Waals surface area contributed by atoms with Crippen LogP contribution >= 0.6 is 0 Å². The lowest BCUT2D eigenvalue weighted by atomic mass is 10.1. The first kappa shape index (κ1) is 21.1. The quantitative estimate of drug-likeness (QED) is 0.554. The predicted octanol–water partition coefficient (Wildman–Crippen LogP) is 3.93. The summed E-state index contributed by atoms with van der Waals surface area (Å²) in [6, 6.07) is 13.0. The van der Waals surface area contributed by atoms with Gasteiger partial charge in [-0.3, -0.25) is 14.9 Å². The number of hydrogen-bond acceptors (Lipinski definition) is 5. The summed E-state index contributed by atoms with van der Waals surface area (Å²) < 4.78 is 11.4. The highest BCUT2D eigenvalue weighted by Crippen LogP contribution is 2.32. The Balaban J connectivity index is 2.02. The van der Waals surface area contributed by atoms with E-state index in [2.05, 4.69) is 5.32 Å². The lowest BCUT2D eigenvalue weighted by molar-refractivity contribution is -0.122. The third kappa shape index (κ3) is 4.35. The van der Waals surface area contributed by atoms with Crippen LogP contribution in [0.25, 0.3) is 6.08 Å². The molecule has 1 aliphatic rings. The lowest BCUT2D eigenvalue weighted by Gasteiger charge is -2.27. The Kier molecular flexibility index (Phi) is 6.51. The van der Waals surface area contributed by atoms with E-state index in [1.165, 1.54) is 6.08 Å². The smallest absolute Gasteiger partial charge is 0.336 e. The molecule has 1 N–H and O–H groups in total. The zero-order chi connectivity index (χ0) is 21.7. The van der Waals surface area contributed by atoms with Crippen LogP contribution in [0.3, 0.4) is 0 Å². The van der Waals surface area contributed by atoms with Crippen molar-refractivity contribution in [3.05, 3.63) is 59.7 Å². The van der Waals surface area contributed by atoms with Crippen LogP contribution in [0.4, 0.5) is 10.5 Å². The summed E-state index contributed by atoms with van der Waals surface area (Å²) in [6.07, 6.45) is 2.22. The Morgan fingerprint density at radius 1 is 1.00 bits per heavy atom. The Hall–Kier alpha value is -3.61. The van der Waals surface area contributed by atoms with E-state index < -0.39 is 17.8 Å². The molecule has 0 aromatic heterocycles. The summed E-state index contributed by atoms with van der Waals surface area (Å²) in [7, 11) is 0. The van der Waals surface area contributed by atoms with E-state index in [0.29, 0.717) is 23.7 Å². The molecule has 1 saturated heterocycles. The van der Waals surface area contributed by atoms with Gasteiger partial charge in [0.2, 0.25) is 0 Å². The summed E-state index contributed by atoms with van der Waals surface area (Å²) in [5, 5.41) is 2.23. The lowest BCUT2D eigenvalue weighted by Crippen LogP contribution is -2.54. The summed E-state index contributed by atoms with van der Waals surface area (Å²) in [4.78, 5) is 39.1. The largest absolute Gasteiger partial charge is 0.492 e. The highest BCUT2D eigenvalue weighted by molar-refractivity contribution is 6.39. The molecule has 1 aliphatic heterocycles. The fourth-order valence-electron chi connectivity index (χ4n) is 2.96. The van der Waals surface area contributed by atoms with Crippen LogP contribution in [-0.2, 0) is 9.59 Å². The molecule has 0 saturated carbocycles. The number of urea groups is 1. The standard InChI is InChI=1S/C23H24N2O5/c1-4-15(3)30-19-12-8-6-10-16(19)14-17-21(26)24-23(28)25(22(17)27)18-11-7-9-13-20(18)29-5-2/h6-15H,4-5H2,1-3H3,(H,24,26,28)/b17-14+/t15-/m0/s1. The third-order valence-corrected chi connectivity index (χ3v) is 4.63. The van der Waals surface area contributed by atoms with Gasteiger partial charge >= 0.3 is 6.03 Å². The molecule has 0 unspecified atom stereocenters. The monoisotopic (exact) mass is 408 g/mol. The number of para-hydroxylation sites is 3. The van der Waals surface area contributed by atoms with Crippen molar-refractivity contribution in [1.29, 1.82) is 0 Å². The number of nitrogens with zero attached hydrogens (tertiary/aromatic N) is 1. The van der Waals surface area contributed by atoms with Gasteiger partial charge in [0.15, 0.2) is 0 Å². The number of nitrogens with one attached hydrogen (secondary N) is 1. The van der Waals surface area contributed by atoms with E-state index in [0.717, 1.165) is 11.3 Å². The van der Waals surface area contributed by atoms with Gasteiger partial charge in [-0.1, -0.05) is 37.3 Å². The minimum atomic E-state index is -0.821. The molecule has 7 heteroatoms. The first-order valence-electron chi connectivity index (χ1n) is 9.85. The molecule has 1 heterocycles. The minimum Gasteiger partial charge on any atom is -0.492 e. The SMILES string of the molecule is CCOc1ccccc1N1C(=O)NC(=O)/C(=C\c2ccccc2O[C@@H](C)CC)C1=O. The number of carbonyl (C=O) groups is 3. The molecule has 30 heavy (non-hydrogen) atoms. The number of imide groups is 2. The molecule has 156 valence electrons. The van der Waals surface area contributed by atoms with Gasteiger partial charge in [0.05, 0.1) is 18.4 Å². The molecule has 4 amide bonds. The second-order valence-corrected chi connectivity index (χ2v) is 6.73. The van der Waals surface area contributed by atoms with Crippen molar-refractivity contribution in [2.45, 2.75) is 33.3 Å². The maximum absolute atomic E-state index is 13.2. The van der Waals surface area contributed by atoms with E-state index in [1.54, 1.807) is 49.4 Å². The number of barbiturate groups is 1. The zero-order valence-electron chi connectivity index (χ0n) is 17.2. The molecule has 0 spiro atoms. The van der Waals surface area contributed by atoms with Crippen LogP contribution in [0.2, 0.25) is 0 Å². The van der Waals surface area contributed by atoms with Gasteiger partial charge in [-0.15, -0.1) is 0 Å². The zero-order valence-corrected chi connectivity index (χ0v) is 17.2. The van der Waals surface area contributed by atoms with Crippen molar-refractivity contribution < 1.29 is 23.9 Å². The van der Waals surface area contributed by atoms with Crippen molar-refractivity contribution in [2.75, 3.05) is 11.5 Å². The highest BCUT2D eigenvalue weighted by atomic mass is 16.5. The third-order valence-electron chi connectivity index (χ3n) is 4.63. The van der Waals surface area contributed by atoms with Gasteiger partial charge in [-0.2, -0.15) is 0 Å². The van der Waals surface area contributed by atoms with Gasteiger partial charge in [0, 0.05) is 5.56 Å². The minimum absolute atomic E-state index is 0.0309. The normalized spacial score (nSPS) is 16.4. The molecule has 0 bridgehead atoms. The second kappa shape index (κ2) is 9.26. The van der Waals surface area contributed by atoms with E-state index in [-0.39, 0.29) is 17.4 Å². The van der Waals surface area contributed by atoms with Crippen LogP contribution in [0.15, 0.2) is 54.1 Å². The van der Waals surface area contributed by atoms with E-state index in [9.17, 15) is 14.4 Å². The number of rotatable bonds is 7. The van der Waals surface area contributed by atoms with E-state index in [1.807, 2.05) is 19.9 Å². The average molecular weight is 408 g/mol. The van der Waals surface area contributed by atoms with Gasteiger partial charge in [0.1, 0.15) is 17.1 Å². The Bertz CT molecular complexity index is 999. The molecular weight excluding hydrogens is 384 g/mol. The average Bonchev–Trinajstić information content (AvgIpc) is 2.73. The van der Waals surface area contributed by atoms with Crippen LogP contribution in [0, 0.1) is 0 Å². The fraction of sp³-hybridized carbons (Fsp3) is 0.261. The number of carbonyl (C=O) groups excluding carboxylic acids is 3. The number of ether oxygens (including phenoxy) is 2. The molecule has 0 aliphatic carbocycles. The van der Waals surface area contributed by atoms with Crippen LogP contribution in [0.1, 0.15) is 32.8 Å². The molecule has 2 aromatic rings. The van der Waals surface area contributed by atoms with Gasteiger partial charge in [-0.25, -0.2) is 9.69 Å². The van der Waals surface area contributed by atoms with Crippen LogP contribution < -0.4 is 19.7 Å². The maximum Gasteiger partial charge on any atom is 0.336 e. The molecule has 0 radical (unpaired) electrons. The molecule has 1 fully saturated rings. The van der Waals surface area contributed by atoms with Crippen molar-refractivity contribution in [2.24, 2.45) is 0 Å². The number of amides is 4. The topological polar surface area (TPSA) is 84.9 Å². The van der Waals surface area contributed by atoms with Crippen molar-refractivity contribution in [3.63, 3.8) is 0 Å². The molecule has 7 nitrogen and oxygen atoms in total. The molecule has 2 aromatic carbocycles. The summed E-state index contributed by atoms with van der Waals surface area (Å²) in [6.45, 7) is 6.11. The predicted molar refractivity (Wildman–Crippen MR) is 113 cm³/mol. The van der Waals surface area contributed by atoms with Crippen molar-refractivity contribution >= 4 is 29.6 Å². The van der Waals surface area contributed by atoms with E-state index in [4.69, 9.17) is 9.47 Å². The van der Waals surface area contributed by atoms with Gasteiger partial charge in [-0.05, 0) is 44.5 Å². The van der Waals surface area contributed by atoms with Crippen molar-refractivity contribution in [1.82, 2.24) is 5.32 Å². The fourth-order valence-corrected chi connectivity index (χ4v) is 2.96. The van der Waals surface area contributed by atoms with Gasteiger partial charge < -0.3 is 9.47 Å². The van der Waals surface area contributed by atoms with E-state index >= 15 is 0 Å². The summed E-state index contributed by atoms with van der Waals surface area (Å²) in [5.41, 5.74) is 0.675. The molecule has 3 rings (SSSR count). The van der Waals surface area contributed by atoms with Crippen LogP contribution in [0.5, 0.6) is 11.5 Å². The molecule has 1 atom stereocenters. The van der Waals surface area contributed by atoms with Crippen LogP contribution in [-0.4, -0.2) is 30.6 Å². The highest BCUT2D eigenvalue weighted by Gasteiger charge is 2.38. The van der Waals surface area contributed by atoms with Crippen molar-refractivity contribution in [3.8, 4) is 11.5 Å². The molecular formula is C23H24N2O5. The number of anilines is 1.